The molecule has 2 aliphatic rings. The van der Waals surface area contributed by atoms with Crippen molar-refractivity contribution < 1.29 is 9.90 Å². The standard InChI is InChI=1S/C13H24N2O2/c1-14(12-5-3-2-4-6-12)13(17)9-15-7-11(8-15)10-16/h11-12,16H,2-10H2,1H3. The van der Waals surface area contributed by atoms with Crippen molar-refractivity contribution in [3.8, 4) is 0 Å². The quantitative estimate of drug-likeness (QED) is 0.787. The molecule has 0 spiro atoms. The number of hydrogen-bond acceptors (Lipinski definition) is 3. The highest BCUT2D eigenvalue weighted by Gasteiger charge is 2.29. The Hall–Kier alpha value is -0.610. The van der Waals surface area contributed by atoms with Crippen molar-refractivity contribution in [2.24, 2.45) is 5.92 Å². The fourth-order valence-electron chi connectivity index (χ4n) is 2.90. The van der Waals surface area contributed by atoms with Gasteiger partial charge < -0.3 is 10.0 Å². The number of nitrogens with zero attached hydrogens (tertiary/aromatic N) is 2. The van der Waals surface area contributed by atoms with Gasteiger partial charge in [0.25, 0.3) is 0 Å². The Morgan fingerprint density at radius 1 is 1.29 bits per heavy atom. The van der Waals surface area contributed by atoms with E-state index in [0.29, 0.717) is 18.5 Å². The number of likely N-dealkylation sites (N-methyl/N-ethyl adjacent to an activating group) is 1. The number of likely N-dealkylation sites (tertiary alicyclic amines) is 1. The predicted octanol–water partition coefficient (Wildman–Crippen LogP) is 0.702. The molecule has 0 radical (unpaired) electrons. The molecule has 4 heteroatoms. The molecule has 98 valence electrons. The fraction of sp³-hybridized carbons (Fsp3) is 0.923. The van der Waals surface area contributed by atoms with Gasteiger partial charge in [0, 0.05) is 38.7 Å². The van der Waals surface area contributed by atoms with Crippen molar-refractivity contribution in [2.75, 3.05) is 33.3 Å². The van der Waals surface area contributed by atoms with Crippen LogP contribution >= 0.6 is 0 Å². The van der Waals surface area contributed by atoms with Gasteiger partial charge in [0.05, 0.1) is 6.54 Å². The van der Waals surface area contributed by atoms with Crippen molar-refractivity contribution in [2.45, 2.75) is 38.1 Å². The number of hydrogen-bond donors (Lipinski definition) is 1. The highest BCUT2D eigenvalue weighted by Crippen LogP contribution is 2.22. The van der Waals surface area contributed by atoms with Crippen LogP contribution in [0.3, 0.4) is 0 Å². The molecule has 1 saturated heterocycles. The Bertz CT molecular complexity index is 258. The summed E-state index contributed by atoms with van der Waals surface area (Å²) in [5, 5.41) is 8.93. The molecule has 0 bridgehead atoms. The summed E-state index contributed by atoms with van der Waals surface area (Å²) in [6.07, 6.45) is 6.18. The topological polar surface area (TPSA) is 43.8 Å². The lowest BCUT2D eigenvalue weighted by atomic mass is 9.94. The second-order valence-electron chi connectivity index (χ2n) is 5.54. The van der Waals surface area contributed by atoms with E-state index in [2.05, 4.69) is 4.90 Å². The Morgan fingerprint density at radius 3 is 2.53 bits per heavy atom. The first-order valence-corrected chi connectivity index (χ1v) is 6.79. The average molecular weight is 240 g/mol. The summed E-state index contributed by atoms with van der Waals surface area (Å²) in [6.45, 7) is 2.54. The maximum Gasteiger partial charge on any atom is 0.236 e. The molecule has 1 amide bonds. The molecular weight excluding hydrogens is 216 g/mol. The summed E-state index contributed by atoms with van der Waals surface area (Å²) in [5.74, 6) is 0.635. The number of carbonyl (C=O) groups is 1. The van der Waals surface area contributed by atoms with Gasteiger partial charge in [-0.2, -0.15) is 0 Å². The Labute approximate surface area is 104 Å². The van der Waals surface area contributed by atoms with Gasteiger partial charge in [0.2, 0.25) is 5.91 Å². The largest absolute Gasteiger partial charge is 0.396 e. The van der Waals surface area contributed by atoms with Gasteiger partial charge >= 0.3 is 0 Å². The molecule has 0 unspecified atom stereocenters. The molecule has 2 fully saturated rings. The van der Waals surface area contributed by atoms with Gasteiger partial charge in [0.15, 0.2) is 0 Å². The van der Waals surface area contributed by atoms with E-state index in [1.165, 1.54) is 32.1 Å². The molecule has 0 atom stereocenters. The molecule has 2 rings (SSSR count). The highest BCUT2D eigenvalue weighted by atomic mass is 16.3. The number of amides is 1. The lowest BCUT2D eigenvalue weighted by molar-refractivity contribution is -0.135. The van der Waals surface area contributed by atoms with Crippen LogP contribution in [0.15, 0.2) is 0 Å². The predicted molar refractivity (Wildman–Crippen MR) is 66.7 cm³/mol. The van der Waals surface area contributed by atoms with Crippen molar-refractivity contribution in [1.82, 2.24) is 9.80 Å². The van der Waals surface area contributed by atoms with Crippen LogP contribution in [0.25, 0.3) is 0 Å². The maximum atomic E-state index is 12.1. The van der Waals surface area contributed by atoms with Gasteiger partial charge in [-0.05, 0) is 12.8 Å². The third-order valence-electron chi connectivity index (χ3n) is 4.17. The molecule has 1 saturated carbocycles. The van der Waals surface area contributed by atoms with Crippen LogP contribution in [0.2, 0.25) is 0 Å². The van der Waals surface area contributed by atoms with Gasteiger partial charge in [-0.3, -0.25) is 9.69 Å². The molecule has 1 N–H and O–H groups in total. The van der Waals surface area contributed by atoms with E-state index in [0.717, 1.165) is 13.1 Å². The molecule has 1 aliphatic heterocycles. The second-order valence-corrected chi connectivity index (χ2v) is 5.54. The average Bonchev–Trinajstić information content (AvgIpc) is 2.33. The minimum absolute atomic E-state index is 0.244. The number of carbonyl (C=O) groups excluding carboxylic acids is 1. The summed E-state index contributed by atoms with van der Waals surface area (Å²) in [4.78, 5) is 16.1. The van der Waals surface area contributed by atoms with Crippen LogP contribution in [-0.4, -0.2) is 60.1 Å². The van der Waals surface area contributed by atoms with Crippen LogP contribution in [0.1, 0.15) is 32.1 Å². The lowest BCUT2D eigenvalue weighted by Gasteiger charge is -2.39. The van der Waals surface area contributed by atoms with Crippen molar-refractivity contribution >= 4 is 5.91 Å². The van der Waals surface area contributed by atoms with Crippen LogP contribution < -0.4 is 0 Å². The smallest absolute Gasteiger partial charge is 0.236 e. The molecule has 0 aromatic heterocycles. The third-order valence-corrected chi connectivity index (χ3v) is 4.17. The van der Waals surface area contributed by atoms with E-state index in [4.69, 9.17) is 5.11 Å². The summed E-state index contributed by atoms with van der Waals surface area (Å²) < 4.78 is 0. The first-order chi connectivity index (χ1) is 8.20. The van der Waals surface area contributed by atoms with Crippen LogP contribution in [0, 0.1) is 5.92 Å². The lowest BCUT2D eigenvalue weighted by Crippen LogP contribution is -2.53. The van der Waals surface area contributed by atoms with E-state index in [1.54, 1.807) is 0 Å². The van der Waals surface area contributed by atoms with Crippen LogP contribution in [0.5, 0.6) is 0 Å². The first-order valence-electron chi connectivity index (χ1n) is 6.79. The monoisotopic (exact) mass is 240 g/mol. The molecule has 4 nitrogen and oxygen atoms in total. The Balaban J connectivity index is 1.71. The van der Waals surface area contributed by atoms with E-state index in [9.17, 15) is 4.79 Å². The Kier molecular flexibility index (Phi) is 4.40. The van der Waals surface area contributed by atoms with Crippen LogP contribution in [-0.2, 0) is 4.79 Å². The summed E-state index contributed by atoms with van der Waals surface area (Å²) in [6, 6.07) is 0.464. The van der Waals surface area contributed by atoms with E-state index < -0.39 is 0 Å². The maximum absolute atomic E-state index is 12.1. The molecule has 17 heavy (non-hydrogen) atoms. The number of rotatable bonds is 4. The van der Waals surface area contributed by atoms with E-state index in [-0.39, 0.29) is 12.5 Å². The van der Waals surface area contributed by atoms with E-state index in [1.807, 2.05) is 11.9 Å². The highest BCUT2D eigenvalue weighted by molar-refractivity contribution is 5.78. The van der Waals surface area contributed by atoms with Crippen molar-refractivity contribution in [3.63, 3.8) is 0 Å². The molecule has 1 heterocycles. The minimum atomic E-state index is 0.244. The van der Waals surface area contributed by atoms with Crippen LogP contribution in [0.4, 0.5) is 0 Å². The SMILES string of the molecule is CN(C(=O)CN1CC(CO)C1)C1CCCCC1. The number of aliphatic hydroxyl groups is 1. The van der Waals surface area contributed by atoms with E-state index >= 15 is 0 Å². The molecular formula is C13H24N2O2. The second kappa shape index (κ2) is 5.83. The Morgan fingerprint density at radius 2 is 1.94 bits per heavy atom. The summed E-state index contributed by atoms with van der Waals surface area (Å²) in [5.41, 5.74) is 0. The van der Waals surface area contributed by atoms with Crippen molar-refractivity contribution in [3.05, 3.63) is 0 Å². The van der Waals surface area contributed by atoms with Gasteiger partial charge in [0.1, 0.15) is 0 Å². The zero-order valence-corrected chi connectivity index (χ0v) is 10.8. The summed E-state index contributed by atoms with van der Waals surface area (Å²) in [7, 11) is 1.95. The molecule has 0 aromatic rings. The van der Waals surface area contributed by atoms with Gasteiger partial charge in [-0.25, -0.2) is 0 Å². The third kappa shape index (κ3) is 3.19. The molecule has 0 aromatic carbocycles. The normalized spacial score (nSPS) is 23.4. The fourth-order valence-corrected chi connectivity index (χ4v) is 2.90. The first kappa shape index (κ1) is 12.8. The molecule has 1 aliphatic carbocycles. The minimum Gasteiger partial charge on any atom is -0.396 e. The zero-order chi connectivity index (χ0) is 12.3. The zero-order valence-electron chi connectivity index (χ0n) is 10.8. The van der Waals surface area contributed by atoms with Gasteiger partial charge in [-0.1, -0.05) is 19.3 Å². The number of aliphatic hydroxyl groups excluding tert-OH is 1. The summed E-state index contributed by atoms with van der Waals surface area (Å²) >= 11 is 0. The van der Waals surface area contributed by atoms with Crippen molar-refractivity contribution in [1.29, 1.82) is 0 Å². The van der Waals surface area contributed by atoms with Gasteiger partial charge in [-0.15, -0.1) is 0 Å².